The summed E-state index contributed by atoms with van der Waals surface area (Å²) in [6.45, 7) is 5.41. The van der Waals surface area contributed by atoms with E-state index >= 15 is 0 Å². The van der Waals surface area contributed by atoms with Gasteiger partial charge in [-0.05, 0) is 12.1 Å². The Morgan fingerprint density at radius 1 is 1.27 bits per heavy atom. The van der Waals surface area contributed by atoms with Crippen molar-refractivity contribution in [1.29, 1.82) is 0 Å². The summed E-state index contributed by atoms with van der Waals surface area (Å²) < 4.78 is 6.44. The summed E-state index contributed by atoms with van der Waals surface area (Å²) in [4.78, 5) is 18.6. The number of amides is 2. The number of ether oxygens (including phenoxy) is 1. The van der Waals surface area contributed by atoms with Crippen LogP contribution < -0.4 is 10.6 Å². The fourth-order valence-electron chi connectivity index (χ4n) is 2.37. The maximum atomic E-state index is 11.8. The number of aromatic nitrogens is 1. The average molecular weight is 320 g/mol. The van der Waals surface area contributed by atoms with E-state index in [2.05, 4.69) is 20.5 Å². The molecule has 118 valence electrons. The zero-order chi connectivity index (χ0) is 15.2. The van der Waals surface area contributed by atoms with Crippen molar-refractivity contribution in [2.24, 2.45) is 0 Å². The van der Waals surface area contributed by atoms with Crippen LogP contribution in [0.4, 0.5) is 4.79 Å². The molecule has 1 fully saturated rings. The molecular weight excluding hydrogens is 300 g/mol. The third-order valence-electron chi connectivity index (χ3n) is 3.56. The van der Waals surface area contributed by atoms with Crippen LogP contribution in [0.5, 0.6) is 0 Å². The number of hydrogen-bond acceptors (Lipinski definition) is 5. The molecule has 2 aromatic rings. The second-order valence-electron chi connectivity index (χ2n) is 5.14. The maximum absolute atomic E-state index is 11.8. The fourth-order valence-corrected chi connectivity index (χ4v) is 3.27. The normalized spacial score (nSPS) is 15.8. The minimum absolute atomic E-state index is 0.146. The molecule has 1 aliphatic heterocycles. The quantitative estimate of drug-likeness (QED) is 0.874. The molecule has 3 rings (SSSR count). The average Bonchev–Trinajstić information content (AvgIpc) is 2.97. The third-order valence-corrected chi connectivity index (χ3v) is 4.59. The van der Waals surface area contributed by atoms with Crippen LogP contribution in [0.2, 0.25) is 0 Å². The van der Waals surface area contributed by atoms with Gasteiger partial charge in [0, 0.05) is 26.2 Å². The Labute approximate surface area is 133 Å². The molecule has 1 aliphatic rings. The van der Waals surface area contributed by atoms with Crippen molar-refractivity contribution in [3.8, 4) is 0 Å². The molecule has 1 aromatic carbocycles. The Morgan fingerprint density at radius 2 is 2.09 bits per heavy atom. The lowest BCUT2D eigenvalue weighted by Crippen LogP contribution is -2.43. The molecule has 0 saturated carbocycles. The van der Waals surface area contributed by atoms with Crippen LogP contribution in [0.1, 0.15) is 5.01 Å². The summed E-state index contributed by atoms with van der Waals surface area (Å²) in [6.07, 6.45) is 0. The Morgan fingerprint density at radius 3 is 2.91 bits per heavy atom. The number of fused-ring (bicyclic) bond motifs is 1. The molecule has 2 N–H and O–H groups in total. The number of hydrogen-bond donors (Lipinski definition) is 2. The van der Waals surface area contributed by atoms with E-state index in [1.807, 2.05) is 24.3 Å². The minimum Gasteiger partial charge on any atom is -0.379 e. The lowest BCUT2D eigenvalue weighted by molar-refractivity contribution is 0.0387. The van der Waals surface area contributed by atoms with Gasteiger partial charge in [0.1, 0.15) is 5.01 Å². The third kappa shape index (κ3) is 4.16. The fraction of sp³-hybridized carbons (Fsp3) is 0.467. The highest BCUT2D eigenvalue weighted by molar-refractivity contribution is 7.18. The summed E-state index contributed by atoms with van der Waals surface area (Å²) in [5.41, 5.74) is 0.983. The lowest BCUT2D eigenvalue weighted by atomic mass is 10.3. The van der Waals surface area contributed by atoms with Crippen molar-refractivity contribution < 1.29 is 9.53 Å². The Bertz CT molecular complexity index is 592. The summed E-state index contributed by atoms with van der Waals surface area (Å²) >= 11 is 1.61. The van der Waals surface area contributed by atoms with Gasteiger partial charge < -0.3 is 15.4 Å². The number of thiazole rings is 1. The van der Waals surface area contributed by atoms with Crippen molar-refractivity contribution in [3.63, 3.8) is 0 Å². The van der Waals surface area contributed by atoms with Crippen molar-refractivity contribution in [1.82, 2.24) is 20.5 Å². The van der Waals surface area contributed by atoms with Crippen molar-refractivity contribution in [2.75, 3.05) is 39.4 Å². The summed E-state index contributed by atoms with van der Waals surface area (Å²) in [6, 6.07) is 7.84. The molecule has 7 heteroatoms. The van der Waals surface area contributed by atoms with E-state index in [1.54, 1.807) is 11.3 Å². The van der Waals surface area contributed by atoms with Crippen LogP contribution in [-0.2, 0) is 11.3 Å². The molecule has 1 saturated heterocycles. The van der Waals surface area contributed by atoms with E-state index in [0.717, 1.165) is 48.1 Å². The molecule has 2 heterocycles. The highest BCUT2D eigenvalue weighted by Crippen LogP contribution is 2.21. The first kappa shape index (κ1) is 15.2. The lowest BCUT2D eigenvalue weighted by Gasteiger charge is -2.26. The van der Waals surface area contributed by atoms with E-state index in [0.29, 0.717) is 13.1 Å². The molecule has 0 spiro atoms. The number of nitrogens with one attached hydrogen (secondary N) is 2. The van der Waals surface area contributed by atoms with E-state index in [9.17, 15) is 4.79 Å². The van der Waals surface area contributed by atoms with Gasteiger partial charge in [-0.3, -0.25) is 4.90 Å². The minimum atomic E-state index is -0.146. The first-order valence-electron chi connectivity index (χ1n) is 7.47. The molecule has 0 atom stereocenters. The van der Waals surface area contributed by atoms with Crippen molar-refractivity contribution in [2.45, 2.75) is 6.54 Å². The molecule has 2 amide bonds. The van der Waals surface area contributed by atoms with E-state index in [1.165, 1.54) is 0 Å². The molecule has 1 aromatic heterocycles. The van der Waals surface area contributed by atoms with Gasteiger partial charge in [-0.15, -0.1) is 11.3 Å². The van der Waals surface area contributed by atoms with Crippen molar-refractivity contribution in [3.05, 3.63) is 29.3 Å². The SMILES string of the molecule is O=C(NCCN1CCOCC1)NCc1nc2ccccc2s1. The van der Waals surface area contributed by atoms with E-state index in [4.69, 9.17) is 4.74 Å². The maximum Gasteiger partial charge on any atom is 0.315 e. The van der Waals surface area contributed by atoms with Crippen LogP contribution >= 0.6 is 11.3 Å². The predicted molar refractivity (Wildman–Crippen MR) is 87.1 cm³/mol. The molecule has 0 radical (unpaired) electrons. The van der Waals surface area contributed by atoms with Crippen LogP contribution in [0.3, 0.4) is 0 Å². The number of carbonyl (C=O) groups is 1. The first-order valence-corrected chi connectivity index (χ1v) is 8.29. The van der Waals surface area contributed by atoms with E-state index < -0.39 is 0 Å². The highest BCUT2D eigenvalue weighted by Gasteiger charge is 2.10. The standard InChI is InChI=1S/C15H20N4O2S/c20-15(16-5-6-19-7-9-21-10-8-19)17-11-14-18-12-3-1-2-4-13(12)22-14/h1-4H,5-11H2,(H2,16,17,20). The molecule has 0 aliphatic carbocycles. The second kappa shape index (κ2) is 7.53. The number of nitrogens with zero attached hydrogens (tertiary/aromatic N) is 2. The topological polar surface area (TPSA) is 66.5 Å². The number of para-hydroxylation sites is 1. The van der Waals surface area contributed by atoms with Gasteiger partial charge in [-0.2, -0.15) is 0 Å². The van der Waals surface area contributed by atoms with Gasteiger partial charge in [0.05, 0.1) is 30.0 Å². The van der Waals surface area contributed by atoms with E-state index in [-0.39, 0.29) is 6.03 Å². The summed E-state index contributed by atoms with van der Waals surface area (Å²) in [5.74, 6) is 0. The molecule has 0 unspecified atom stereocenters. The van der Waals surface area contributed by atoms with Crippen LogP contribution in [0.25, 0.3) is 10.2 Å². The Balaban J connectivity index is 1.38. The number of urea groups is 1. The first-order chi connectivity index (χ1) is 10.8. The molecule has 6 nitrogen and oxygen atoms in total. The van der Waals surface area contributed by atoms with Gasteiger partial charge in [-0.1, -0.05) is 12.1 Å². The monoisotopic (exact) mass is 320 g/mol. The molecule has 22 heavy (non-hydrogen) atoms. The van der Waals surface area contributed by atoms with Gasteiger partial charge in [0.2, 0.25) is 0 Å². The van der Waals surface area contributed by atoms with Crippen LogP contribution in [0.15, 0.2) is 24.3 Å². The molecular formula is C15H20N4O2S. The van der Waals surface area contributed by atoms with Crippen molar-refractivity contribution >= 4 is 27.6 Å². The van der Waals surface area contributed by atoms with Gasteiger partial charge in [0.15, 0.2) is 0 Å². The van der Waals surface area contributed by atoms with Gasteiger partial charge in [-0.25, -0.2) is 9.78 Å². The zero-order valence-electron chi connectivity index (χ0n) is 12.4. The predicted octanol–water partition coefficient (Wildman–Crippen LogP) is 1.43. The number of benzene rings is 1. The zero-order valence-corrected chi connectivity index (χ0v) is 13.2. The Kier molecular flexibility index (Phi) is 5.20. The van der Waals surface area contributed by atoms with Crippen LogP contribution in [0, 0.1) is 0 Å². The van der Waals surface area contributed by atoms with Gasteiger partial charge in [0.25, 0.3) is 0 Å². The molecule has 0 bridgehead atoms. The number of morpholine rings is 1. The second-order valence-corrected chi connectivity index (χ2v) is 6.25. The number of carbonyl (C=O) groups excluding carboxylic acids is 1. The summed E-state index contributed by atoms with van der Waals surface area (Å²) in [7, 11) is 0. The highest BCUT2D eigenvalue weighted by atomic mass is 32.1. The largest absolute Gasteiger partial charge is 0.379 e. The van der Waals surface area contributed by atoms with Crippen LogP contribution in [-0.4, -0.2) is 55.3 Å². The van der Waals surface area contributed by atoms with Gasteiger partial charge >= 0.3 is 6.03 Å². The smallest absolute Gasteiger partial charge is 0.315 e. The summed E-state index contributed by atoms with van der Waals surface area (Å²) in [5, 5.41) is 6.65. The number of rotatable bonds is 5. The Hall–Kier alpha value is -1.70.